The molecular weight excluding hydrogens is 280 g/mol. The summed E-state index contributed by atoms with van der Waals surface area (Å²) in [6.45, 7) is 1.36. The lowest BCUT2D eigenvalue weighted by Crippen LogP contribution is -2.07. The zero-order valence-corrected chi connectivity index (χ0v) is 12.4. The van der Waals surface area contributed by atoms with Gasteiger partial charge in [0.25, 0.3) is 6.01 Å². The Hall–Kier alpha value is -2.69. The molecular formula is C17H18N2O3. The van der Waals surface area contributed by atoms with E-state index in [1.165, 1.54) is 0 Å². The molecule has 0 radical (unpaired) electrons. The van der Waals surface area contributed by atoms with E-state index in [0.29, 0.717) is 12.6 Å². The van der Waals surface area contributed by atoms with Gasteiger partial charge in [-0.25, -0.2) is 0 Å². The van der Waals surface area contributed by atoms with Gasteiger partial charge in [-0.1, -0.05) is 12.1 Å². The molecule has 0 fully saturated rings. The summed E-state index contributed by atoms with van der Waals surface area (Å²) in [6.07, 6.45) is 0.852. The summed E-state index contributed by atoms with van der Waals surface area (Å²) in [4.78, 5) is 4.36. The maximum atomic E-state index is 5.66. The van der Waals surface area contributed by atoms with E-state index >= 15 is 0 Å². The number of fused-ring (bicyclic) bond motifs is 1. The molecule has 0 aliphatic carbocycles. The topological polar surface area (TPSA) is 56.5 Å². The van der Waals surface area contributed by atoms with Crippen LogP contribution in [-0.4, -0.2) is 25.2 Å². The fourth-order valence-electron chi connectivity index (χ4n) is 2.08. The normalized spacial score (nSPS) is 10.6. The zero-order valence-electron chi connectivity index (χ0n) is 12.4. The molecule has 5 nitrogen and oxygen atoms in total. The molecule has 3 aromatic rings. The molecule has 1 heterocycles. The van der Waals surface area contributed by atoms with Gasteiger partial charge in [-0.3, -0.25) is 0 Å². The first-order valence-corrected chi connectivity index (χ1v) is 7.21. The number of rotatable bonds is 7. The van der Waals surface area contributed by atoms with Crippen LogP contribution in [0.15, 0.2) is 52.9 Å². The molecule has 0 atom stereocenters. The number of aromatic nitrogens is 1. The summed E-state index contributed by atoms with van der Waals surface area (Å²) >= 11 is 0. The van der Waals surface area contributed by atoms with Gasteiger partial charge in [0.15, 0.2) is 5.58 Å². The Morgan fingerprint density at radius 1 is 1.05 bits per heavy atom. The fourth-order valence-corrected chi connectivity index (χ4v) is 2.08. The SMILES string of the molecule is COc1ccc(OCCCNc2nc3ccccc3o2)cc1. The molecule has 0 spiro atoms. The monoisotopic (exact) mass is 298 g/mol. The third kappa shape index (κ3) is 3.49. The molecule has 5 heteroatoms. The Morgan fingerprint density at radius 2 is 1.82 bits per heavy atom. The molecule has 0 bridgehead atoms. The molecule has 1 aromatic heterocycles. The zero-order chi connectivity index (χ0) is 15.2. The maximum absolute atomic E-state index is 5.66. The van der Waals surface area contributed by atoms with E-state index in [1.54, 1.807) is 7.11 Å². The van der Waals surface area contributed by atoms with Gasteiger partial charge in [0.1, 0.15) is 17.0 Å². The number of methoxy groups -OCH3 is 1. The van der Waals surface area contributed by atoms with Gasteiger partial charge in [-0.15, -0.1) is 0 Å². The van der Waals surface area contributed by atoms with Crippen molar-refractivity contribution in [1.82, 2.24) is 4.98 Å². The molecule has 0 aliphatic heterocycles. The summed E-state index contributed by atoms with van der Waals surface area (Å²) in [7, 11) is 1.65. The van der Waals surface area contributed by atoms with Crippen LogP contribution in [0.25, 0.3) is 11.1 Å². The maximum Gasteiger partial charge on any atom is 0.295 e. The van der Waals surface area contributed by atoms with Crippen LogP contribution in [0.1, 0.15) is 6.42 Å². The Labute approximate surface area is 128 Å². The van der Waals surface area contributed by atoms with Crippen LogP contribution < -0.4 is 14.8 Å². The van der Waals surface area contributed by atoms with E-state index in [0.717, 1.165) is 35.6 Å². The number of oxazole rings is 1. The van der Waals surface area contributed by atoms with E-state index in [1.807, 2.05) is 48.5 Å². The smallest absolute Gasteiger partial charge is 0.295 e. The second kappa shape index (κ2) is 6.85. The van der Waals surface area contributed by atoms with Crippen molar-refractivity contribution < 1.29 is 13.9 Å². The number of hydrogen-bond donors (Lipinski definition) is 1. The molecule has 0 aliphatic rings. The highest BCUT2D eigenvalue weighted by Crippen LogP contribution is 2.18. The molecule has 0 unspecified atom stereocenters. The molecule has 3 rings (SSSR count). The summed E-state index contributed by atoms with van der Waals surface area (Å²) < 4.78 is 16.3. The van der Waals surface area contributed by atoms with Crippen molar-refractivity contribution >= 4 is 17.1 Å². The van der Waals surface area contributed by atoms with E-state index in [4.69, 9.17) is 13.9 Å². The van der Waals surface area contributed by atoms with Crippen molar-refractivity contribution in [2.24, 2.45) is 0 Å². The van der Waals surface area contributed by atoms with E-state index in [9.17, 15) is 0 Å². The van der Waals surface area contributed by atoms with Crippen molar-refractivity contribution in [3.8, 4) is 11.5 Å². The van der Waals surface area contributed by atoms with Crippen LogP contribution in [0.5, 0.6) is 11.5 Å². The standard InChI is InChI=1S/C17H18N2O3/c1-20-13-7-9-14(10-8-13)21-12-4-11-18-17-19-15-5-2-3-6-16(15)22-17/h2-3,5-10H,4,11-12H2,1H3,(H,18,19). The second-order valence-corrected chi connectivity index (χ2v) is 4.79. The molecule has 114 valence electrons. The minimum atomic E-state index is 0.547. The Balaban J connectivity index is 1.41. The number of ether oxygens (including phenoxy) is 2. The lowest BCUT2D eigenvalue weighted by atomic mass is 10.3. The first kappa shape index (κ1) is 14.3. The molecule has 22 heavy (non-hydrogen) atoms. The first-order chi connectivity index (χ1) is 10.8. The van der Waals surface area contributed by atoms with E-state index in [2.05, 4.69) is 10.3 Å². The van der Waals surface area contributed by atoms with Crippen LogP contribution in [-0.2, 0) is 0 Å². The number of benzene rings is 2. The molecule has 1 N–H and O–H groups in total. The number of nitrogens with zero attached hydrogens (tertiary/aromatic N) is 1. The summed E-state index contributed by atoms with van der Waals surface area (Å²) in [5.41, 5.74) is 1.65. The van der Waals surface area contributed by atoms with Gasteiger partial charge in [0.2, 0.25) is 0 Å². The molecule has 2 aromatic carbocycles. The average Bonchev–Trinajstić information content (AvgIpc) is 2.98. The lowest BCUT2D eigenvalue weighted by Gasteiger charge is -2.07. The van der Waals surface area contributed by atoms with Gasteiger partial charge < -0.3 is 19.2 Å². The van der Waals surface area contributed by atoms with Crippen LogP contribution in [0.3, 0.4) is 0 Å². The number of para-hydroxylation sites is 2. The Kier molecular flexibility index (Phi) is 4.44. The van der Waals surface area contributed by atoms with Gasteiger partial charge in [-0.05, 0) is 42.8 Å². The van der Waals surface area contributed by atoms with Crippen LogP contribution in [0, 0.1) is 0 Å². The lowest BCUT2D eigenvalue weighted by molar-refractivity contribution is 0.314. The summed E-state index contributed by atoms with van der Waals surface area (Å²) in [5, 5.41) is 3.16. The van der Waals surface area contributed by atoms with E-state index in [-0.39, 0.29) is 0 Å². The van der Waals surface area contributed by atoms with Crippen LogP contribution >= 0.6 is 0 Å². The highest BCUT2D eigenvalue weighted by molar-refractivity contribution is 5.74. The predicted molar refractivity (Wildman–Crippen MR) is 85.6 cm³/mol. The Bertz CT molecular complexity index is 689. The minimum Gasteiger partial charge on any atom is -0.497 e. The van der Waals surface area contributed by atoms with E-state index < -0.39 is 0 Å². The van der Waals surface area contributed by atoms with Crippen molar-refractivity contribution in [3.63, 3.8) is 0 Å². The highest BCUT2D eigenvalue weighted by atomic mass is 16.5. The number of anilines is 1. The number of hydrogen-bond acceptors (Lipinski definition) is 5. The highest BCUT2D eigenvalue weighted by Gasteiger charge is 2.03. The third-order valence-corrected chi connectivity index (χ3v) is 3.22. The van der Waals surface area contributed by atoms with Gasteiger partial charge >= 0.3 is 0 Å². The van der Waals surface area contributed by atoms with Crippen molar-refractivity contribution in [3.05, 3.63) is 48.5 Å². The predicted octanol–water partition coefficient (Wildman–Crippen LogP) is 3.72. The average molecular weight is 298 g/mol. The third-order valence-electron chi connectivity index (χ3n) is 3.22. The van der Waals surface area contributed by atoms with Crippen LogP contribution in [0.4, 0.5) is 6.01 Å². The Morgan fingerprint density at radius 3 is 2.59 bits per heavy atom. The molecule has 0 saturated heterocycles. The van der Waals surface area contributed by atoms with Crippen LogP contribution in [0.2, 0.25) is 0 Å². The number of nitrogens with one attached hydrogen (secondary N) is 1. The minimum absolute atomic E-state index is 0.547. The first-order valence-electron chi connectivity index (χ1n) is 7.21. The molecule has 0 saturated carbocycles. The second-order valence-electron chi connectivity index (χ2n) is 4.79. The van der Waals surface area contributed by atoms with Gasteiger partial charge in [0.05, 0.1) is 13.7 Å². The summed E-state index contributed by atoms with van der Waals surface area (Å²) in [6, 6.07) is 15.8. The fraction of sp³-hybridized carbons (Fsp3) is 0.235. The van der Waals surface area contributed by atoms with Crippen molar-refractivity contribution in [2.75, 3.05) is 25.6 Å². The van der Waals surface area contributed by atoms with Gasteiger partial charge in [-0.2, -0.15) is 4.98 Å². The van der Waals surface area contributed by atoms with Gasteiger partial charge in [0, 0.05) is 6.54 Å². The van der Waals surface area contributed by atoms with Crippen molar-refractivity contribution in [2.45, 2.75) is 6.42 Å². The van der Waals surface area contributed by atoms with Crippen molar-refractivity contribution in [1.29, 1.82) is 0 Å². The largest absolute Gasteiger partial charge is 0.497 e. The summed E-state index contributed by atoms with van der Waals surface area (Å²) in [5.74, 6) is 1.66. The quantitative estimate of drug-likeness (QED) is 0.674. The molecule has 0 amide bonds.